The summed E-state index contributed by atoms with van der Waals surface area (Å²) in [6.07, 6.45) is 1.16. The molecule has 1 fully saturated rings. The summed E-state index contributed by atoms with van der Waals surface area (Å²) in [6.45, 7) is 4.37. The van der Waals surface area contributed by atoms with E-state index in [1.165, 1.54) is 5.56 Å². The molecular weight excluding hydrogens is 280 g/mol. The van der Waals surface area contributed by atoms with Crippen LogP contribution in [0.15, 0.2) is 22.7 Å². The van der Waals surface area contributed by atoms with Gasteiger partial charge in [0.25, 0.3) is 0 Å². The van der Waals surface area contributed by atoms with Gasteiger partial charge in [0.2, 0.25) is 0 Å². The minimum Gasteiger partial charge on any atom is -0.398 e. The van der Waals surface area contributed by atoms with Crippen LogP contribution in [-0.4, -0.2) is 29.2 Å². The number of nitrogen functional groups attached to an aromatic ring is 1. The van der Waals surface area contributed by atoms with Crippen LogP contribution in [0.1, 0.15) is 18.9 Å². The van der Waals surface area contributed by atoms with Gasteiger partial charge in [0.15, 0.2) is 0 Å². The topological polar surface area (TPSA) is 49.5 Å². The Balaban J connectivity index is 2.07. The maximum atomic E-state index is 9.41. The van der Waals surface area contributed by atoms with Gasteiger partial charge in [-0.2, -0.15) is 0 Å². The van der Waals surface area contributed by atoms with Gasteiger partial charge in [-0.3, -0.25) is 4.90 Å². The fourth-order valence-corrected chi connectivity index (χ4v) is 2.75. The van der Waals surface area contributed by atoms with Crippen molar-refractivity contribution in [3.63, 3.8) is 0 Å². The van der Waals surface area contributed by atoms with Crippen molar-refractivity contribution in [3.05, 3.63) is 28.2 Å². The molecule has 0 radical (unpaired) electrons. The molecular formula is C13H19BrN2O. The van der Waals surface area contributed by atoms with Gasteiger partial charge in [-0.25, -0.2) is 0 Å². The molecule has 4 heteroatoms. The Morgan fingerprint density at radius 3 is 2.94 bits per heavy atom. The van der Waals surface area contributed by atoms with Crippen LogP contribution >= 0.6 is 15.9 Å². The zero-order valence-electron chi connectivity index (χ0n) is 10.1. The zero-order chi connectivity index (χ0) is 12.4. The molecule has 0 spiro atoms. The van der Waals surface area contributed by atoms with Crippen LogP contribution in [0, 0.1) is 5.92 Å². The van der Waals surface area contributed by atoms with Crippen LogP contribution in [0.2, 0.25) is 0 Å². The van der Waals surface area contributed by atoms with E-state index in [0.717, 1.165) is 29.7 Å². The molecule has 1 aliphatic rings. The average molecular weight is 299 g/mol. The monoisotopic (exact) mass is 298 g/mol. The number of hydrogen-bond donors (Lipinski definition) is 2. The number of nitrogens with two attached hydrogens (primary N) is 1. The van der Waals surface area contributed by atoms with Crippen LogP contribution < -0.4 is 5.73 Å². The summed E-state index contributed by atoms with van der Waals surface area (Å²) in [5.41, 5.74) is 7.85. The Morgan fingerprint density at radius 1 is 1.53 bits per heavy atom. The first-order valence-corrected chi connectivity index (χ1v) is 6.80. The third-order valence-corrected chi connectivity index (χ3v) is 4.35. The summed E-state index contributed by atoms with van der Waals surface area (Å²) in [5, 5.41) is 9.41. The molecule has 0 saturated carbocycles. The first-order valence-electron chi connectivity index (χ1n) is 6.00. The number of aliphatic hydroxyl groups excluding tert-OH is 1. The lowest BCUT2D eigenvalue weighted by Gasteiger charge is -2.25. The SMILES string of the molecule is CC1CCN(Cc2ccc(Br)c(N)c2)C1CO. The predicted molar refractivity (Wildman–Crippen MR) is 73.6 cm³/mol. The lowest BCUT2D eigenvalue weighted by molar-refractivity contribution is 0.134. The molecule has 0 aromatic heterocycles. The molecule has 3 N–H and O–H groups in total. The number of aliphatic hydroxyl groups is 1. The van der Waals surface area contributed by atoms with Crippen molar-refractivity contribution in [2.75, 3.05) is 18.9 Å². The molecule has 17 heavy (non-hydrogen) atoms. The number of rotatable bonds is 3. The zero-order valence-corrected chi connectivity index (χ0v) is 11.7. The van der Waals surface area contributed by atoms with Gasteiger partial charge in [-0.05, 0) is 52.5 Å². The van der Waals surface area contributed by atoms with Crippen molar-refractivity contribution in [1.82, 2.24) is 4.90 Å². The molecule has 94 valence electrons. The molecule has 1 aromatic carbocycles. The van der Waals surface area contributed by atoms with Crippen LogP contribution in [0.4, 0.5) is 5.69 Å². The molecule has 1 aromatic rings. The third-order valence-electron chi connectivity index (χ3n) is 3.63. The van der Waals surface area contributed by atoms with Crippen LogP contribution in [0.3, 0.4) is 0 Å². The number of nitrogens with zero attached hydrogens (tertiary/aromatic N) is 1. The van der Waals surface area contributed by atoms with E-state index < -0.39 is 0 Å². The summed E-state index contributed by atoms with van der Waals surface area (Å²) in [4.78, 5) is 2.34. The molecule has 0 amide bonds. The molecule has 3 nitrogen and oxygen atoms in total. The van der Waals surface area contributed by atoms with Gasteiger partial charge >= 0.3 is 0 Å². The van der Waals surface area contributed by atoms with E-state index in [9.17, 15) is 5.11 Å². The fraction of sp³-hybridized carbons (Fsp3) is 0.538. The van der Waals surface area contributed by atoms with E-state index in [2.05, 4.69) is 33.8 Å². The second kappa shape index (κ2) is 5.38. The first-order chi connectivity index (χ1) is 8.11. The minimum absolute atomic E-state index is 0.243. The first kappa shape index (κ1) is 12.9. The maximum absolute atomic E-state index is 9.41. The molecule has 2 rings (SSSR count). The van der Waals surface area contributed by atoms with Gasteiger partial charge in [0.05, 0.1) is 6.61 Å². The summed E-state index contributed by atoms with van der Waals surface area (Å²) in [6, 6.07) is 6.36. The van der Waals surface area contributed by atoms with E-state index in [1.54, 1.807) is 0 Å². The molecule has 1 heterocycles. The highest BCUT2D eigenvalue weighted by Crippen LogP contribution is 2.27. The second-order valence-electron chi connectivity index (χ2n) is 4.84. The van der Waals surface area contributed by atoms with E-state index in [0.29, 0.717) is 12.0 Å². The van der Waals surface area contributed by atoms with Gasteiger partial charge < -0.3 is 10.8 Å². The highest BCUT2D eigenvalue weighted by Gasteiger charge is 2.30. The van der Waals surface area contributed by atoms with Crippen molar-refractivity contribution in [2.24, 2.45) is 5.92 Å². The summed E-state index contributed by atoms with van der Waals surface area (Å²) < 4.78 is 0.940. The quantitative estimate of drug-likeness (QED) is 0.842. The minimum atomic E-state index is 0.243. The Labute approximate surface area is 111 Å². The van der Waals surface area contributed by atoms with E-state index in [1.807, 2.05) is 12.1 Å². The van der Waals surface area contributed by atoms with Gasteiger partial charge in [0, 0.05) is 22.7 Å². The van der Waals surface area contributed by atoms with Crippen molar-refractivity contribution in [1.29, 1.82) is 0 Å². The van der Waals surface area contributed by atoms with Crippen molar-refractivity contribution < 1.29 is 5.11 Å². The number of halogens is 1. The lowest BCUT2D eigenvalue weighted by atomic mass is 10.0. The van der Waals surface area contributed by atoms with Crippen molar-refractivity contribution >= 4 is 21.6 Å². The smallest absolute Gasteiger partial charge is 0.0589 e. The molecule has 1 saturated heterocycles. The largest absolute Gasteiger partial charge is 0.398 e. The molecule has 0 aliphatic carbocycles. The van der Waals surface area contributed by atoms with Crippen LogP contribution in [0.5, 0.6) is 0 Å². The molecule has 2 unspecified atom stereocenters. The van der Waals surface area contributed by atoms with Crippen LogP contribution in [0.25, 0.3) is 0 Å². The fourth-order valence-electron chi connectivity index (χ4n) is 2.51. The molecule has 0 bridgehead atoms. The highest BCUT2D eigenvalue weighted by molar-refractivity contribution is 9.10. The van der Waals surface area contributed by atoms with E-state index >= 15 is 0 Å². The maximum Gasteiger partial charge on any atom is 0.0589 e. The standard InChI is InChI=1S/C13H19BrN2O/c1-9-4-5-16(13(9)8-17)7-10-2-3-11(14)12(15)6-10/h2-3,6,9,13,17H,4-5,7-8,15H2,1H3. The number of anilines is 1. The average Bonchev–Trinajstić information content (AvgIpc) is 2.64. The lowest BCUT2D eigenvalue weighted by Crippen LogP contribution is -2.34. The van der Waals surface area contributed by atoms with E-state index in [4.69, 9.17) is 5.73 Å². The van der Waals surface area contributed by atoms with Gasteiger partial charge in [0.1, 0.15) is 0 Å². The van der Waals surface area contributed by atoms with Crippen molar-refractivity contribution in [2.45, 2.75) is 25.9 Å². The van der Waals surface area contributed by atoms with Gasteiger partial charge in [-0.15, -0.1) is 0 Å². The van der Waals surface area contributed by atoms with Crippen LogP contribution in [-0.2, 0) is 6.54 Å². The van der Waals surface area contributed by atoms with Gasteiger partial charge in [-0.1, -0.05) is 13.0 Å². The Kier molecular flexibility index (Phi) is 4.07. The Morgan fingerprint density at radius 2 is 2.29 bits per heavy atom. The number of hydrogen-bond acceptors (Lipinski definition) is 3. The van der Waals surface area contributed by atoms with Crippen molar-refractivity contribution in [3.8, 4) is 0 Å². The molecule has 1 aliphatic heterocycles. The summed E-state index contributed by atoms with van der Waals surface area (Å²) in [7, 11) is 0. The Bertz CT molecular complexity index is 397. The highest BCUT2D eigenvalue weighted by atomic mass is 79.9. The second-order valence-corrected chi connectivity index (χ2v) is 5.70. The predicted octanol–water partition coefficient (Wildman–Crippen LogP) is 2.23. The summed E-state index contributed by atoms with van der Waals surface area (Å²) >= 11 is 3.40. The Hall–Kier alpha value is -0.580. The molecule has 2 atom stereocenters. The number of benzene rings is 1. The normalized spacial score (nSPS) is 25.4. The number of likely N-dealkylation sites (tertiary alicyclic amines) is 1. The summed E-state index contributed by atoms with van der Waals surface area (Å²) in [5.74, 6) is 0.577. The van der Waals surface area contributed by atoms with E-state index in [-0.39, 0.29) is 6.61 Å². The third kappa shape index (κ3) is 2.81.